The number of amides is 3. The third-order valence-corrected chi connectivity index (χ3v) is 5.71. The van der Waals surface area contributed by atoms with Crippen LogP contribution < -0.4 is 10.2 Å². The molecule has 1 N–H and O–H groups in total. The number of carbonyl (C=O) groups is 2. The number of nitrogens with one attached hydrogen (secondary N) is 1. The van der Waals surface area contributed by atoms with Gasteiger partial charge in [0.25, 0.3) is 5.91 Å². The molecule has 1 saturated heterocycles. The van der Waals surface area contributed by atoms with E-state index in [1.54, 1.807) is 4.90 Å². The number of rotatable bonds is 4. The number of anilines is 2. The number of para-hydroxylation sites is 2. The minimum Gasteiger partial charge on any atom is -0.349 e. The van der Waals surface area contributed by atoms with Crippen molar-refractivity contribution in [1.82, 2.24) is 10.2 Å². The van der Waals surface area contributed by atoms with Gasteiger partial charge in [0.05, 0.1) is 11.4 Å². The van der Waals surface area contributed by atoms with Crippen LogP contribution >= 0.6 is 0 Å². The van der Waals surface area contributed by atoms with E-state index in [0.717, 1.165) is 29.8 Å². The quantitative estimate of drug-likeness (QED) is 0.643. The van der Waals surface area contributed by atoms with Crippen molar-refractivity contribution in [3.05, 3.63) is 96.1 Å². The van der Waals surface area contributed by atoms with Crippen molar-refractivity contribution in [2.45, 2.75) is 25.8 Å². The van der Waals surface area contributed by atoms with E-state index in [1.807, 2.05) is 96.8 Å². The van der Waals surface area contributed by atoms with Gasteiger partial charge in [-0.2, -0.15) is 0 Å². The van der Waals surface area contributed by atoms with Crippen molar-refractivity contribution >= 4 is 23.3 Å². The van der Waals surface area contributed by atoms with Gasteiger partial charge >= 0.3 is 6.03 Å². The second kappa shape index (κ2) is 9.47. The van der Waals surface area contributed by atoms with Gasteiger partial charge in [0.1, 0.15) is 0 Å². The van der Waals surface area contributed by atoms with Crippen LogP contribution in [0.2, 0.25) is 0 Å². The summed E-state index contributed by atoms with van der Waals surface area (Å²) in [6, 6.07) is 27.0. The van der Waals surface area contributed by atoms with Crippen LogP contribution in [-0.2, 0) is 0 Å². The van der Waals surface area contributed by atoms with Gasteiger partial charge in [-0.1, -0.05) is 54.6 Å². The van der Waals surface area contributed by atoms with Crippen LogP contribution in [-0.4, -0.2) is 36.0 Å². The molecule has 158 valence electrons. The maximum Gasteiger partial charge on any atom is 0.329 e. The Morgan fingerprint density at radius 2 is 1.32 bits per heavy atom. The summed E-state index contributed by atoms with van der Waals surface area (Å²) in [4.78, 5) is 29.7. The van der Waals surface area contributed by atoms with Crippen LogP contribution in [0.25, 0.3) is 0 Å². The summed E-state index contributed by atoms with van der Waals surface area (Å²) in [6.07, 6.45) is 1.47. The van der Waals surface area contributed by atoms with Gasteiger partial charge in [0, 0.05) is 24.7 Å². The lowest BCUT2D eigenvalue weighted by Gasteiger charge is -2.36. The SMILES string of the molecule is Cc1ccccc1C(=O)NC1CCN(C(=O)N(c2ccccc2)c2ccccc2)CC1. The summed E-state index contributed by atoms with van der Waals surface area (Å²) in [7, 11) is 0. The van der Waals surface area contributed by atoms with Gasteiger partial charge in [-0.25, -0.2) is 4.79 Å². The van der Waals surface area contributed by atoms with Crippen LogP contribution in [0.4, 0.5) is 16.2 Å². The Hall–Kier alpha value is -3.60. The largest absolute Gasteiger partial charge is 0.349 e. The number of piperidine rings is 1. The van der Waals surface area contributed by atoms with Crippen LogP contribution in [0.15, 0.2) is 84.9 Å². The number of carbonyl (C=O) groups excluding carboxylic acids is 2. The van der Waals surface area contributed by atoms with Crippen LogP contribution in [0, 0.1) is 6.92 Å². The predicted molar refractivity (Wildman–Crippen MR) is 124 cm³/mol. The zero-order chi connectivity index (χ0) is 21.6. The van der Waals surface area contributed by atoms with Crippen molar-refractivity contribution in [2.75, 3.05) is 18.0 Å². The van der Waals surface area contributed by atoms with Crippen molar-refractivity contribution < 1.29 is 9.59 Å². The Morgan fingerprint density at radius 3 is 1.87 bits per heavy atom. The van der Waals surface area contributed by atoms with Gasteiger partial charge in [0.15, 0.2) is 0 Å². The fourth-order valence-corrected chi connectivity index (χ4v) is 3.97. The topological polar surface area (TPSA) is 52.7 Å². The summed E-state index contributed by atoms with van der Waals surface area (Å²) in [6.45, 7) is 3.15. The van der Waals surface area contributed by atoms with Gasteiger partial charge < -0.3 is 10.2 Å². The lowest BCUT2D eigenvalue weighted by atomic mass is 10.0. The summed E-state index contributed by atoms with van der Waals surface area (Å²) in [5.74, 6) is -0.0434. The molecule has 0 saturated carbocycles. The summed E-state index contributed by atoms with van der Waals surface area (Å²) < 4.78 is 0. The molecule has 0 unspecified atom stereocenters. The fourth-order valence-electron chi connectivity index (χ4n) is 3.97. The number of hydrogen-bond donors (Lipinski definition) is 1. The molecular weight excluding hydrogens is 386 g/mol. The molecule has 0 spiro atoms. The molecule has 4 rings (SSSR count). The Kier molecular flexibility index (Phi) is 6.32. The van der Waals surface area contributed by atoms with Crippen LogP contribution in [0.1, 0.15) is 28.8 Å². The highest BCUT2D eigenvalue weighted by atomic mass is 16.2. The lowest BCUT2D eigenvalue weighted by molar-refractivity contribution is 0.0918. The van der Waals surface area contributed by atoms with E-state index in [2.05, 4.69) is 5.32 Å². The summed E-state index contributed by atoms with van der Waals surface area (Å²) in [5, 5.41) is 3.14. The van der Waals surface area contributed by atoms with E-state index < -0.39 is 0 Å². The van der Waals surface area contributed by atoms with Crippen LogP contribution in [0.3, 0.4) is 0 Å². The lowest BCUT2D eigenvalue weighted by Crippen LogP contribution is -2.49. The van der Waals surface area contributed by atoms with Crippen molar-refractivity contribution in [3.8, 4) is 0 Å². The first-order chi connectivity index (χ1) is 15.1. The molecule has 0 aromatic heterocycles. The van der Waals surface area contributed by atoms with Gasteiger partial charge in [-0.15, -0.1) is 0 Å². The fraction of sp³-hybridized carbons (Fsp3) is 0.231. The summed E-state index contributed by atoms with van der Waals surface area (Å²) >= 11 is 0. The monoisotopic (exact) mass is 413 g/mol. The Morgan fingerprint density at radius 1 is 0.806 bits per heavy atom. The van der Waals surface area contributed by atoms with E-state index in [-0.39, 0.29) is 18.0 Å². The van der Waals surface area contributed by atoms with Crippen molar-refractivity contribution in [3.63, 3.8) is 0 Å². The highest BCUT2D eigenvalue weighted by molar-refractivity contribution is 5.99. The third kappa shape index (κ3) is 4.77. The number of benzene rings is 3. The van der Waals surface area contributed by atoms with E-state index >= 15 is 0 Å². The van der Waals surface area contributed by atoms with Crippen molar-refractivity contribution in [1.29, 1.82) is 0 Å². The average Bonchev–Trinajstić information content (AvgIpc) is 2.81. The maximum atomic E-state index is 13.5. The zero-order valence-corrected chi connectivity index (χ0v) is 17.7. The molecule has 3 aromatic rings. The molecule has 0 bridgehead atoms. The molecule has 0 atom stereocenters. The van der Waals surface area contributed by atoms with Gasteiger partial charge in [-0.05, 0) is 55.7 Å². The molecule has 5 nitrogen and oxygen atoms in total. The molecular formula is C26H27N3O2. The van der Waals surface area contributed by atoms with E-state index in [4.69, 9.17) is 0 Å². The highest BCUT2D eigenvalue weighted by Crippen LogP contribution is 2.27. The normalized spacial score (nSPS) is 14.2. The first-order valence-electron chi connectivity index (χ1n) is 10.7. The smallest absolute Gasteiger partial charge is 0.329 e. The standard InChI is InChI=1S/C26H27N3O2/c1-20-10-8-9-15-24(20)25(30)27-21-16-18-28(19-17-21)26(31)29(22-11-4-2-5-12-22)23-13-6-3-7-14-23/h2-15,21H,16-19H2,1H3,(H,27,30). The second-order valence-corrected chi connectivity index (χ2v) is 7.84. The molecule has 3 aromatic carbocycles. The molecule has 0 aliphatic carbocycles. The van der Waals surface area contributed by atoms with Gasteiger partial charge in [-0.3, -0.25) is 9.69 Å². The molecule has 5 heteroatoms. The minimum absolute atomic E-state index is 0.0407. The van der Waals surface area contributed by atoms with Gasteiger partial charge in [0.2, 0.25) is 0 Å². The average molecular weight is 414 g/mol. The highest BCUT2D eigenvalue weighted by Gasteiger charge is 2.29. The summed E-state index contributed by atoms with van der Waals surface area (Å²) in [5.41, 5.74) is 3.36. The molecule has 1 heterocycles. The predicted octanol–water partition coefficient (Wildman–Crippen LogP) is 5.15. The minimum atomic E-state index is -0.0434. The van der Waals surface area contributed by atoms with E-state index in [0.29, 0.717) is 18.7 Å². The molecule has 1 aliphatic heterocycles. The number of hydrogen-bond acceptors (Lipinski definition) is 2. The first kappa shape index (κ1) is 20.7. The molecule has 1 fully saturated rings. The Labute approximate surface area is 183 Å². The molecule has 31 heavy (non-hydrogen) atoms. The molecule has 3 amide bonds. The number of urea groups is 1. The van der Waals surface area contributed by atoms with E-state index in [1.165, 1.54) is 0 Å². The first-order valence-corrected chi connectivity index (χ1v) is 10.7. The third-order valence-electron chi connectivity index (χ3n) is 5.71. The molecule has 1 aliphatic rings. The molecule has 0 radical (unpaired) electrons. The van der Waals surface area contributed by atoms with E-state index in [9.17, 15) is 9.59 Å². The second-order valence-electron chi connectivity index (χ2n) is 7.84. The zero-order valence-electron chi connectivity index (χ0n) is 17.7. The number of nitrogens with zero attached hydrogens (tertiary/aromatic N) is 2. The number of likely N-dealkylation sites (tertiary alicyclic amines) is 1. The number of aryl methyl sites for hydroxylation is 1. The van der Waals surface area contributed by atoms with Crippen molar-refractivity contribution in [2.24, 2.45) is 0 Å². The maximum absolute atomic E-state index is 13.5. The Balaban J connectivity index is 1.43. The van der Waals surface area contributed by atoms with Crippen LogP contribution in [0.5, 0.6) is 0 Å². The Bertz CT molecular complexity index is 989.